The van der Waals surface area contributed by atoms with Crippen molar-refractivity contribution in [1.82, 2.24) is 9.38 Å². The van der Waals surface area contributed by atoms with Gasteiger partial charge in [0.1, 0.15) is 0 Å². The third-order valence-corrected chi connectivity index (χ3v) is 2.90. The lowest BCUT2D eigenvalue weighted by atomic mass is 10.1. The van der Waals surface area contributed by atoms with Crippen molar-refractivity contribution in [2.75, 3.05) is 5.32 Å². The molecule has 0 fully saturated rings. The highest BCUT2D eigenvalue weighted by atomic mass is 16.1. The Morgan fingerprint density at radius 2 is 1.95 bits per heavy atom. The molecule has 3 rings (SSSR count). The molecule has 94 valence electrons. The minimum atomic E-state index is -0.0395. The second-order valence-corrected chi connectivity index (χ2v) is 4.29. The lowest BCUT2D eigenvalue weighted by molar-refractivity contribution is -0.115. The number of amides is 1. The molecular weight excluding hydrogens is 238 g/mol. The Morgan fingerprint density at radius 1 is 1.11 bits per heavy atom. The number of anilines is 1. The van der Waals surface area contributed by atoms with E-state index >= 15 is 0 Å². The predicted molar refractivity (Wildman–Crippen MR) is 74.0 cm³/mol. The van der Waals surface area contributed by atoms with Gasteiger partial charge in [0.2, 0.25) is 5.91 Å². The summed E-state index contributed by atoms with van der Waals surface area (Å²) in [5, 5.41) is 2.90. The van der Waals surface area contributed by atoms with E-state index in [2.05, 4.69) is 10.3 Å². The summed E-state index contributed by atoms with van der Waals surface area (Å²) in [6, 6.07) is 13.4. The maximum atomic E-state index is 12.0. The molecule has 2 heterocycles. The fourth-order valence-electron chi connectivity index (χ4n) is 2.02. The first-order valence-corrected chi connectivity index (χ1v) is 6.08. The molecule has 4 heteroatoms. The number of nitrogens with zero attached hydrogens (tertiary/aromatic N) is 2. The summed E-state index contributed by atoms with van der Waals surface area (Å²) in [5.74, 6) is -0.0395. The summed E-state index contributed by atoms with van der Waals surface area (Å²) in [6.45, 7) is 0. The van der Waals surface area contributed by atoms with E-state index in [-0.39, 0.29) is 5.91 Å². The number of carbonyl (C=O) groups is 1. The molecule has 1 N–H and O–H groups in total. The number of benzene rings is 1. The molecule has 0 atom stereocenters. The average molecular weight is 251 g/mol. The van der Waals surface area contributed by atoms with E-state index in [1.165, 1.54) is 0 Å². The SMILES string of the molecule is O=C(Cc1ccccc1)Nc1cccn2ccnc12. The third kappa shape index (κ3) is 2.47. The normalized spacial score (nSPS) is 10.5. The van der Waals surface area contributed by atoms with Crippen LogP contribution in [0.2, 0.25) is 0 Å². The van der Waals surface area contributed by atoms with Crippen LogP contribution in [0.1, 0.15) is 5.56 Å². The van der Waals surface area contributed by atoms with Gasteiger partial charge in [-0.2, -0.15) is 0 Å². The van der Waals surface area contributed by atoms with Crippen molar-refractivity contribution in [2.45, 2.75) is 6.42 Å². The van der Waals surface area contributed by atoms with Gasteiger partial charge in [-0.25, -0.2) is 4.98 Å². The fourth-order valence-corrected chi connectivity index (χ4v) is 2.02. The van der Waals surface area contributed by atoms with E-state index in [1.807, 2.05) is 59.3 Å². The maximum absolute atomic E-state index is 12.0. The molecule has 3 aromatic rings. The van der Waals surface area contributed by atoms with Crippen LogP contribution in [0.5, 0.6) is 0 Å². The van der Waals surface area contributed by atoms with Crippen LogP contribution in [0.4, 0.5) is 5.69 Å². The Bertz CT molecular complexity index is 703. The van der Waals surface area contributed by atoms with Gasteiger partial charge >= 0.3 is 0 Å². The van der Waals surface area contributed by atoms with Crippen molar-refractivity contribution < 1.29 is 4.79 Å². The number of rotatable bonds is 3. The molecule has 0 spiro atoms. The van der Waals surface area contributed by atoms with Gasteiger partial charge < -0.3 is 9.72 Å². The van der Waals surface area contributed by atoms with Gasteiger partial charge in [-0.15, -0.1) is 0 Å². The van der Waals surface area contributed by atoms with E-state index in [0.29, 0.717) is 6.42 Å². The zero-order valence-corrected chi connectivity index (χ0v) is 10.3. The zero-order valence-electron chi connectivity index (χ0n) is 10.3. The Labute approximate surface area is 110 Å². The summed E-state index contributed by atoms with van der Waals surface area (Å²) in [7, 11) is 0. The number of hydrogen-bond donors (Lipinski definition) is 1. The summed E-state index contributed by atoms with van der Waals surface area (Å²) in [4.78, 5) is 16.2. The van der Waals surface area contributed by atoms with Crippen LogP contribution in [0.25, 0.3) is 5.65 Å². The standard InChI is InChI=1S/C15H13N3O/c19-14(11-12-5-2-1-3-6-12)17-13-7-4-9-18-10-8-16-15(13)18/h1-10H,11H2,(H,17,19). The highest BCUT2D eigenvalue weighted by molar-refractivity contribution is 5.95. The zero-order chi connectivity index (χ0) is 13.1. The van der Waals surface area contributed by atoms with Crippen molar-refractivity contribution in [2.24, 2.45) is 0 Å². The molecule has 0 aliphatic carbocycles. The molecule has 1 amide bonds. The molecule has 0 saturated heterocycles. The predicted octanol–water partition coefficient (Wildman–Crippen LogP) is 2.52. The van der Waals surface area contributed by atoms with Gasteiger partial charge in [-0.1, -0.05) is 30.3 Å². The Morgan fingerprint density at radius 3 is 2.79 bits per heavy atom. The largest absolute Gasteiger partial charge is 0.323 e. The number of hydrogen-bond acceptors (Lipinski definition) is 2. The molecule has 0 radical (unpaired) electrons. The second kappa shape index (κ2) is 4.94. The number of fused-ring (bicyclic) bond motifs is 1. The molecule has 19 heavy (non-hydrogen) atoms. The van der Waals surface area contributed by atoms with Crippen LogP contribution >= 0.6 is 0 Å². The van der Waals surface area contributed by atoms with Crippen molar-refractivity contribution in [1.29, 1.82) is 0 Å². The minimum Gasteiger partial charge on any atom is -0.323 e. The first kappa shape index (κ1) is 11.5. The molecule has 0 aliphatic heterocycles. The summed E-state index contributed by atoms with van der Waals surface area (Å²) in [6.07, 6.45) is 5.82. The van der Waals surface area contributed by atoms with Crippen LogP contribution in [0.15, 0.2) is 61.1 Å². The van der Waals surface area contributed by atoms with Gasteiger partial charge in [0, 0.05) is 18.6 Å². The van der Waals surface area contributed by atoms with E-state index in [9.17, 15) is 4.79 Å². The second-order valence-electron chi connectivity index (χ2n) is 4.29. The Hall–Kier alpha value is -2.62. The van der Waals surface area contributed by atoms with E-state index < -0.39 is 0 Å². The van der Waals surface area contributed by atoms with Crippen molar-refractivity contribution in [3.8, 4) is 0 Å². The van der Waals surface area contributed by atoms with E-state index in [1.54, 1.807) is 6.20 Å². The van der Waals surface area contributed by atoms with Crippen molar-refractivity contribution in [3.05, 3.63) is 66.6 Å². The smallest absolute Gasteiger partial charge is 0.228 e. The Balaban J connectivity index is 1.78. The quantitative estimate of drug-likeness (QED) is 0.777. The molecule has 0 unspecified atom stereocenters. The topological polar surface area (TPSA) is 46.4 Å². The molecule has 2 aromatic heterocycles. The van der Waals surface area contributed by atoms with E-state index in [0.717, 1.165) is 16.9 Å². The Kier molecular flexibility index (Phi) is 2.98. The minimum absolute atomic E-state index is 0.0395. The average Bonchev–Trinajstić information content (AvgIpc) is 2.89. The number of carbonyl (C=O) groups excluding carboxylic acids is 1. The van der Waals surface area contributed by atoms with Crippen LogP contribution in [-0.2, 0) is 11.2 Å². The molecule has 1 aromatic carbocycles. The van der Waals surface area contributed by atoms with Crippen LogP contribution < -0.4 is 5.32 Å². The van der Waals surface area contributed by atoms with Gasteiger partial charge in [0.25, 0.3) is 0 Å². The first-order valence-electron chi connectivity index (χ1n) is 6.08. The van der Waals surface area contributed by atoms with Crippen molar-refractivity contribution in [3.63, 3.8) is 0 Å². The number of pyridine rings is 1. The highest BCUT2D eigenvalue weighted by Crippen LogP contribution is 2.14. The fraction of sp³-hybridized carbons (Fsp3) is 0.0667. The van der Waals surface area contributed by atoms with E-state index in [4.69, 9.17) is 0 Å². The van der Waals surface area contributed by atoms with Crippen molar-refractivity contribution >= 4 is 17.2 Å². The number of nitrogens with one attached hydrogen (secondary N) is 1. The van der Waals surface area contributed by atoms with Gasteiger partial charge in [-0.05, 0) is 17.7 Å². The highest BCUT2D eigenvalue weighted by Gasteiger charge is 2.07. The van der Waals surface area contributed by atoms with Gasteiger partial charge in [0.05, 0.1) is 12.1 Å². The lowest BCUT2D eigenvalue weighted by Gasteiger charge is -2.06. The van der Waals surface area contributed by atoms with Crippen LogP contribution in [-0.4, -0.2) is 15.3 Å². The molecule has 0 saturated carbocycles. The van der Waals surface area contributed by atoms with Gasteiger partial charge in [-0.3, -0.25) is 4.79 Å². The van der Waals surface area contributed by atoms with Crippen LogP contribution in [0.3, 0.4) is 0 Å². The molecular formula is C15H13N3O. The third-order valence-electron chi connectivity index (χ3n) is 2.90. The molecule has 0 bridgehead atoms. The summed E-state index contributed by atoms with van der Waals surface area (Å²) in [5.41, 5.74) is 2.48. The first-order chi connectivity index (χ1) is 9.33. The molecule has 0 aliphatic rings. The summed E-state index contributed by atoms with van der Waals surface area (Å²) < 4.78 is 1.87. The number of imidazole rings is 1. The number of aromatic nitrogens is 2. The lowest BCUT2D eigenvalue weighted by Crippen LogP contribution is -2.15. The molecule has 4 nitrogen and oxygen atoms in total. The maximum Gasteiger partial charge on any atom is 0.228 e. The van der Waals surface area contributed by atoms with Gasteiger partial charge in [0.15, 0.2) is 5.65 Å². The van der Waals surface area contributed by atoms with Crippen LogP contribution in [0, 0.1) is 0 Å². The summed E-state index contributed by atoms with van der Waals surface area (Å²) >= 11 is 0. The monoisotopic (exact) mass is 251 g/mol.